The number of aromatic nitrogens is 5. The van der Waals surface area contributed by atoms with Gasteiger partial charge in [0.05, 0.1) is 57.6 Å². The highest BCUT2D eigenvalue weighted by Gasteiger charge is 2.20. The first-order chi connectivity index (χ1) is 39.0. The molecule has 0 aliphatic rings. The van der Waals surface area contributed by atoms with Crippen molar-refractivity contribution in [3.8, 4) is 73.2 Å². The van der Waals surface area contributed by atoms with Crippen molar-refractivity contribution in [2.75, 3.05) is 0 Å². The minimum atomic E-state index is 0.518. The van der Waals surface area contributed by atoms with Gasteiger partial charge in [0, 0.05) is 60.5 Å². The highest BCUT2D eigenvalue weighted by atomic mass is 15.0. The first-order valence-corrected chi connectivity index (χ1v) is 26.3. The molecule has 0 unspecified atom stereocenters. The number of para-hydroxylation sites is 4. The largest absolute Gasteiger partial charge is 0.309 e. The minimum Gasteiger partial charge on any atom is -0.309 e. The zero-order valence-electron chi connectivity index (χ0n) is 42.5. The van der Waals surface area contributed by atoms with Crippen LogP contribution in [0.5, 0.6) is 0 Å². The van der Waals surface area contributed by atoms with E-state index >= 15 is 0 Å². The van der Waals surface area contributed by atoms with Gasteiger partial charge in [-0.15, -0.1) is 0 Å². The Morgan fingerprint density at radius 2 is 0.595 bits per heavy atom. The molecule has 7 nitrogen and oxygen atoms in total. The van der Waals surface area contributed by atoms with Gasteiger partial charge in [-0.3, -0.25) is 0 Å². The third-order valence-electron chi connectivity index (χ3n) is 15.5. The zero-order valence-corrected chi connectivity index (χ0v) is 42.5. The van der Waals surface area contributed by atoms with E-state index in [4.69, 9.17) is 23.1 Å². The maximum atomic E-state index is 7.59. The molecule has 15 aromatic rings. The fraction of sp³-hybridized carbons (Fsp3) is 0. The monoisotopic (exact) mass is 1010 g/mol. The summed E-state index contributed by atoms with van der Waals surface area (Å²) in [5.41, 5.74) is 19.8. The summed E-state index contributed by atoms with van der Waals surface area (Å²) in [4.78, 5) is 17.2. The zero-order chi connectivity index (χ0) is 52.6. The lowest BCUT2D eigenvalue weighted by molar-refractivity contribution is 1.16. The summed E-state index contributed by atoms with van der Waals surface area (Å²) < 4.78 is 7.23. The van der Waals surface area contributed by atoms with Crippen molar-refractivity contribution in [2.45, 2.75) is 0 Å². The summed E-state index contributed by atoms with van der Waals surface area (Å²) in [6.07, 6.45) is 0. The smallest absolute Gasteiger partial charge is 0.187 e. The molecule has 0 spiro atoms. The van der Waals surface area contributed by atoms with Crippen LogP contribution in [0.2, 0.25) is 0 Å². The van der Waals surface area contributed by atoms with E-state index in [1.54, 1.807) is 12.1 Å². The van der Waals surface area contributed by atoms with E-state index in [-0.39, 0.29) is 0 Å². The number of nitrogens with zero attached hydrogens (tertiary/aromatic N) is 7. The minimum absolute atomic E-state index is 0.518. The first kappa shape index (κ1) is 45.3. The number of hydrogen-bond acceptors (Lipinski definition) is 2. The molecule has 0 aliphatic carbocycles. The molecule has 0 saturated heterocycles. The first-order valence-electron chi connectivity index (χ1n) is 26.3. The van der Waals surface area contributed by atoms with Gasteiger partial charge >= 0.3 is 0 Å². The van der Waals surface area contributed by atoms with Crippen LogP contribution in [0.1, 0.15) is 0 Å². The molecule has 79 heavy (non-hydrogen) atoms. The van der Waals surface area contributed by atoms with Crippen molar-refractivity contribution in [1.82, 2.24) is 23.7 Å². The Balaban J connectivity index is 0.781. The van der Waals surface area contributed by atoms with E-state index < -0.39 is 0 Å². The Morgan fingerprint density at radius 3 is 1.04 bits per heavy atom. The summed E-state index contributed by atoms with van der Waals surface area (Å²) in [5, 5.41) is 7.33. The van der Waals surface area contributed by atoms with E-state index in [2.05, 4.69) is 230 Å². The number of fused-ring (bicyclic) bond motifs is 9. The Kier molecular flexibility index (Phi) is 10.5. The second-order valence-corrected chi connectivity index (χ2v) is 20.0. The number of hydrogen-bond donors (Lipinski definition) is 0. The lowest BCUT2D eigenvalue weighted by atomic mass is 9.98. The van der Waals surface area contributed by atoms with E-state index in [9.17, 15) is 0 Å². The summed E-state index contributed by atoms with van der Waals surface area (Å²) in [7, 11) is 0. The fourth-order valence-corrected chi connectivity index (χ4v) is 11.8. The molecule has 0 bridgehead atoms. The number of rotatable bonds is 8. The van der Waals surface area contributed by atoms with Crippen molar-refractivity contribution < 1.29 is 0 Å². The van der Waals surface area contributed by atoms with E-state index in [1.807, 2.05) is 42.5 Å². The molecule has 0 aliphatic heterocycles. The highest BCUT2D eigenvalue weighted by molar-refractivity contribution is 6.14. The summed E-state index contributed by atoms with van der Waals surface area (Å²) >= 11 is 0. The van der Waals surface area contributed by atoms with Gasteiger partial charge in [-0.25, -0.2) is 19.7 Å². The van der Waals surface area contributed by atoms with E-state index in [0.29, 0.717) is 22.9 Å². The van der Waals surface area contributed by atoms with Crippen LogP contribution >= 0.6 is 0 Å². The summed E-state index contributed by atoms with van der Waals surface area (Å²) in [6, 6.07) is 91.7. The van der Waals surface area contributed by atoms with Crippen LogP contribution in [0.3, 0.4) is 0 Å². The van der Waals surface area contributed by atoms with E-state index in [0.717, 1.165) is 72.7 Å². The lowest BCUT2D eigenvalue weighted by Gasteiger charge is -2.12. The van der Waals surface area contributed by atoms with Gasteiger partial charge in [0.2, 0.25) is 0 Å². The van der Waals surface area contributed by atoms with Gasteiger partial charge in [-0.2, -0.15) is 0 Å². The van der Waals surface area contributed by atoms with Crippen LogP contribution in [0, 0.1) is 13.1 Å². The summed E-state index contributed by atoms with van der Waals surface area (Å²) in [6.45, 7) is 15.2. The van der Waals surface area contributed by atoms with Crippen molar-refractivity contribution in [3.63, 3.8) is 0 Å². The van der Waals surface area contributed by atoms with Gasteiger partial charge in [-0.1, -0.05) is 170 Å². The maximum Gasteiger partial charge on any atom is 0.187 e. The maximum absolute atomic E-state index is 7.59. The Bertz CT molecular complexity index is 4670. The Labute approximate surface area is 455 Å². The standard InChI is InChI=1S/C72H43N7/c1-73-53-15-11-13-51(41-53)65-45-64(75-72(76-65)52-14-12-16-54(42-52)74-2)50-31-29-48(30-32-50)46-25-27-47(28-26-46)49-33-35-55(36-34-49)77-70-39-37-56(78-66-21-7-3-17-58(66)59-18-4-8-22-67(59)78)43-62(70)63-44-57(38-40-71(63)77)79-68-23-9-5-19-60(68)61-20-6-10-24-69(61)79/h3-45H. The summed E-state index contributed by atoms with van der Waals surface area (Å²) in [5.74, 6) is 0.518. The SMILES string of the molecule is [C-]#[N+]c1cccc(-c2cc(-c3ccc(-c4ccc(-c5ccc(-n6c7ccc(-n8c9ccccc9c9ccccc98)cc7c7cc(-n8c9ccccc9c9ccccc98)ccc76)cc5)cc4)cc3)nc(-c3cccc([N+]#[C-])c3)n2)c1. The molecule has 0 amide bonds. The van der Waals surface area contributed by atoms with Crippen LogP contribution in [0.15, 0.2) is 261 Å². The van der Waals surface area contributed by atoms with Gasteiger partial charge < -0.3 is 13.7 Å². The van der Waals surface area contributed by atoms with E-state index in [1.165, 1.54) is 54.4 Å². The van der Waals surface area contributed by atoms with Gasteiger partial charge in [-0.05, 0) is 119 Å². The lowest BCUT2D eigenvalue weighted by Crippen LogP contribution is -1.96. The molecule has 0 radical (unpaired) electrons. The van der Waals surface area contributed by atoms with Crippen LogP contribution in [-0.4, -0.2) is 23.7 Å². The molecule has 4 aromatic heterocycles. The number of benzene rings is 11. The van der Waals surface area contributed by atoms with Crippen molar-refractivity contribution in [3.05, 3.63) is 284 Å². The van der Waals surface area contributed by atoms with Crippen LogP contribution in [0.25, 0.3) is 148 Å². The van der Waals surface area contributed by atoms with Gasteiger partial charge in [0.1, 0.15) is 0 Å². The highest BCUT2D eigenvalue weighted by Crippen LogP contribution is 2.41. The molecule has 11 aromatic carbocycles. The van der Waals surface area contributed by atoms with Crippen molar-refractivity contribution in [1.29, 1.82) is 0 Å². The third-order valence-corrected chi connectivity index (χ3v) is 15.5. The molecule has 4 heterocycles. The topological polar surface area (TPSA) is 49.3 Å². The molecule has 15 rings (SSSR count). The second kappa shape index (κ2) is 18.3. The normalized spacial score (nSPS) is 11.5. The predicted octanol–water partition coefficient (Wildman–Crippen LogP) is 19.2. The predicted molar refractivity (Wildman–Crippen MR) is 325 cm³/mol. The second-order valence-electron chi connectivity index (χ2n) is 20.0. The molecule has 0 saturated carbocycles. The average Bonchev–Trinajstić information content (AvgIpc) is 4.37. The van der Waals surface area contributed by atoms with Crippen LogP contribution in [-0.2, 0) is 0 Å². The molecule has 0 N–H and O–H groups in total. The van der Waals surface area contributed by atoms with Crippen molar-refractivity contribution in [2.24, 2.45) is 0 Å². The molecular formula is C72H43N7. The quantitative estimate of drug-likeness (QED) is 0.142. The molecule has 0 atom stereocenters. The fourth-order valence-electron chi connectivity index (χ4n) is 11.8. The molecular weight excluding hydrogens is 963 g/mol. The van der Waals surface area contributed by atoms with Crippen molar-refractivity contribution >= 4 is 76.8 Å². The van der Waals surface area contributed by atoms with Crippen LogP contribution in [0.4, 0.5) is 11.4 Å². The molecule has 7 heteroatoms. The molecule has 0 fully saturated rings. The van der Waals surface area contributed by atoms with Crippen LogP contribution < -0.4 is 0 Å². The third kappa shape index (κ3) is 7.57. The molecule has 366 valence electrons. The van der Waals surface area contributed by atoms with Gasteiger partial charge in [0.15, 0.2) is 17.2 Å². The Morgan fingerprint density at radius 1 is 0.253 bits per heavy atom. The average molecular weight is 1010 g/mol. The van der Waals surface area contributed by atoms with Gasteiger partial charge in [0.25, 0.3) is 0 Å². The Hall–Kier alpha value is -11.1.